The molecule has 0 bridgehead atoms. The minimum atomic E-state index is -1.14. The summed E-state index contributed by atoms with van der Waals surface area (Å²) >= 11 is 0. The third-order valence-corrected chi connectivity index (χ3v) is 2.90. The highest BCUT2D eigenvalue weighted by Crippen LogP contribution is 2.24. The number of benzene rings is 1. The Labute approximate surface area is 103 Å². The Hall–Kier alpha value is -1.19. The molecule has 17 heavy (non-hydrogen) atoms. The molecular weight excluding hydrogens is 216 g/mol. The van der Waals surface area contributed by atoms with Crippen molar-refractivity contribution in [2.45, 2.75) is 32.0 Å². The summed E-state index contributed by atoms with van der Waals surface area (Å²) in [5.74, 6) is -1.26. The van der Waals surface area contributed by atoms with Crippen molar-refractivity contribution in [1.82, 2.24) is 0 Å². The number of carbonyl (C=O) groups excluding carboxylic acids is 1. The summed E-state index contributed by atoms with van der Waals surface area (Å²) in [6.45, 7) is 2.07. The van der Waals surface area contributed by atoms with Crippen molar-refractivity contribution < 1.29 is 14.3 Å². The predicted molar refractivity (Wildman–Crippen MR) is 67.0 cm³/mol. The Morgan fingerprint density at radius 2 is 1.76 bits per heavy atom. The highest BCUT2D eigenvalue weighted by molar-refractivity contribution is 6.01. The molecule has 0 spiro atoms. The molecule has 0 aliphatic rings. The van der Waals surface area contributed by atoms with Gasteiger partial charge < -0.3 is 9.47 Å². The molecule has 1 rings (SSSR count). The van der Waals surface area contributed by atoms with Crippen molar-refractivity contribution in [2.75, 3.05) is 14.2 Å². The minimum Gasteiger partial charge on any atom is -0.347 e. The van der Waals surface area contributed by atoms with E-state index < -0.39 is 5.79 Å². The average Bonchev–Trinajstić information content (AvgIpc) is 2.41. The maximum Gasteiger partial charge on any atom is 0.233 e. The van der Waals surface area contributed by atoms with Gasteiger partial charge in [0.1, 0.15) is 0 Å². The molecule has 0 saturated heterocycles. The van der Waals surface area contributed by atoms with Crippen LogP contribution in [0, 0.1) is 0 Å². The van der Waals surface area contributed by atoms with Gasteiger partial charge in [0, 0.05) is 26.2 Å². The van der Waals surface area contributed by atoms with Gasteiger partial charge in [0.05, 0.1) is 0 Å². The molecule has 0 saturated carbocycles. The molecule has 0 atom stereocenters. The molecule has 1 aromatic carbocycles. The number of carbonyl (C=O) groups is 1. The maximum absolute atomic E-state index is 12.4. The number of rotatable bonds is 7. The number of hydrogen-bond donors (Lipinski definition) is 0. The van der Waals surface area contributed by atoms with Crippen LogP contribution in [0.2, 0.25) is 0 Å². The molecule has 0 N–H and O–H groups in total. The fourth-order valence-electron chi connectivity index (χ4n) is 1.81. The minimum absolute atomic E-state index is 0.114. The van der Waals surface area contributed by atoms with E-state index in [1.807, 2.05) is 18.2 Å². The molecule has 1 aromatic rings. The monoisotopic (exact) mass is 236 g/mol. The molecular formula is C14H20O3. The SMILES string of the molecule is CCCCC(OC)(OC)C(=O)c1ccccc1. The van der Waals surface area contributed by atoms with E-state index >= 15 is 0 Å². The second kappa shape index (κ2) is 6.52. The van der Waals surface area contributed by atoms with E-state index in [9.17, 15) is 4.79 Å². The fourth-order valence-corrected chi connectivity index (χ4v) is 1.81. The average molecular weight is 236 g/mol. The largest absolute Gasteiger partial charge is 0.347 e. The van der Waals surface area contributed by atoms with Gasteiger partial charge in [-0.3, -0.25) is 4.79 Å². The van der Waals surface area contributed by atoms with Crippen LogP contribution in [-0.4, -0.2) is 25.8 Å². The van der Waals surface area contributed by atoms with Gasteiger partial charge in [0.25, 0.3) is 0 Å². The first-order valence-electron chi connectivity index (χ1n) is 5.90. The zero-order chi connectivity index (χ0) is 12.7. The Balaban J connectivity index is 2.94. The highest BCUT2D eigenvalue weighted by Gasteiger charge is 2.38. The fraction of sp³-hybridized carbons (Fsp3) is 0.500. The van der Waals surface area contributed by atoms with Crippen LogP contribution in [0.3, 0.4) is 0 Å². The zero-order valence-corrected chi connectivity index (χ0v) is 10.7. The molecule has 3 nitrogen and oxygen atoms in total. The van der Waals surface area contributed by atoms with Crippen molar-refractivity contribution >= 4 is 5.78 Å². The lowest BCUT2D eigenvalue weighted by molar-refractivity contribution is -0.173. The van der Waals surface area contributed by atoms with Crippen LogP contribution in [0.15, 0.2) is 30.3 Å². The summed E-state index contributed by atoms with van der Waals surface area (Å²) in [5, 5.41) is 0. The lowest BCUT2D eigenvalue weighted by Crippen LogP contribution is -2.42. The van der Waals surface area contributed by atoms with E-state index in [4.69, 9.17) is 9.47 Å². The lowest BCUT2D eigenvalue weighted by Gasteiger charge is -2.29. The topological polar surface area (TPSA) is 35.5 Å². The van der Waals surface area contributed by atoms with E-state index in [1.165, 1.54) is 14.2 Å². The molecule has 0 amide bonds. The second-order valence-electron chi connectivity index (χ2n) is 3.96. The molecule has 0 aromatic heterocycles. The number of hydrogen-bond acceptors (Lipinski definition) is 3. The standard InChI is InChI=1S/C14H20O3/c1-4-5-11-14(16-2,17-3)13(15)12-9-7-6-8-10-12/h6-10H,4-5,11H2,1-3H3. The Morgan fingerprint density at radius 3 is 2.24 bits per heavy atom. The maximum atomic E-state index is 12.4. The van der Waals surface area contributed by atoms with Gasteiger partial charge in [0.2, 0.25) is 11.6 Å². The van der Waals surface area contributed by atoms with Crippen molar-refractivity contribution in [3.05, 3.63) is 35.9 Å². The Kier molecular flexibility index (Phi) is 5.32. The molecule has 94 valence electrons. The smallest absolute Gasteiger partial charge is 0.233 e. The van der Waals surface area contributed by atoms with Gasteiger partial charge in [-0.25, -0.2) is 0 Å². The van der Waals surface area contributed by atoms with Gasteiger partial charge in [-0.1, -0.05) is 43.7 Å². The highest BCUT2D eigenvalue weighted by atomic mass is 16.7. The van der Waals surface area contributed by atoms with Crippen LogP contribution < -0.4 is 0 Å². The summed E-state index contributed by atoms with van der Waals surface area (Å²) in [5.41, 5.74) is 0.618. The van der Waals surface area contributed by atoms with E-state index in [0.717, 1.165) is 12.8 Å². The molecule has 0 radical (unpaired) electrons. The van der Waals surface area contributed by atoms with Gasteiger partial charge in [-0.05, 0) is 6.42 Å². The van der Waals surface area contributed by atoms with E-state index in [2.05, 4.69) is 6.92 Å². The van der Waals surface area contributed by atoms with Crippen molar-refractivity contribution in [2.24, 2.45) is 0 Å². The molecule has 0 heterocycles. The summed E-state index contributed by atoms with van der Waals surface area (Å²) in [4.78, 5) is 12.4. The number of unbranched alkanes of at least 4 members (excludes halogenated alkanes) is 1. The van der Waals surface area contributed by atoms with Gasteiger partial charge in [-0.2, -0.15) is 0 Å². The van der Waals surface area contributed by atoms with Crippen LogP contribution in [0.4, 0.5) is 0 Å². The van der Waals surface area contributed by atoms with E-state index in [-0.39, 0.29) is 5.78 Å². The van der Waals surface area contributed by atoms with Crippen LogP contribution >= 0.6 is 0 Å². The molecule has 3 heteroatoms. The predicted octanol–water partition coefficient (Wildman–Crippen LogP) is 3.05. The van der Waals surface area contributed by atoms with Crippen LogP contribution in [0.5, 0.6) is 0 Å². The number of Topliss-reactive ketones (excluding diaryl/α,β-unsaturated/α-hetero) is 1. The van der Waals surface area contributed by atoms with Crippen LogP contribution in [0.25, 0.3) is 0 Å². The summed E-state index contributed by atoms with van der Waals surface area (Å²) < 4.78 is 10.7. The Bertz CT molecular complexity index is 342. The van der Waals surface area contributed by atoms with Gasteiger partial charge in [0.15, 0.2) is 0 Å². The summed E-state index contributed by atoms with van der Waals surface area (Å²) in [6.07, 6.45) is 2.46. The van der Waals surface area contributed by atoms with E-state index in [1.54, 1.807) is 12.1 Å². The third kappa shape index (κ3) is 3.14. The van der Waals surface area contributed by atoms with Gasteiger partial charge in [-0.15, -0.1) is 0 Å². The number of ketones is 1. The van der Waals surface area contributed by atoms with E-state index in [0.29, 0.717) is 12.0 Å². The first-order chi connectivity index (χ1) is 8.20. The molecule has 0 aliphatic carbocycles. The number of methoxy groups -OCH3 is 2. The first kappa shape index (κ1) is 13.9. The van der Waals surface area contributed by atoms with Crippen molar-refractivity contribution in [3.63, 3.8) is 0 Å². The summed E-state index contributed by atoms with van der Waals surface area (Å²) in [6, 6.07) is 9.11. The van der Waals surface area contributed by atoms with Crippen molar-refractivity contribution in [3.8, 4) is 0 Å². The molecule has 0 aliphatic heterocycles. The van der Waals surface area contributed by atoms with Crippen LogP contribution in [0.1, 0.15) is 36.5 Å². The molecule has 0 unspecified atom stereocenters. The second-order valence-corrected chi connectivity index (χ2v) is 3.96. The lowest BCUT2D eigenvalue weighted by atomic mass is 9.98. The summed E-state index contributed by atoms with van der Waals surface area (Å²) in [7, 11) is 3.03. The Morgan fingerprint density at radius 1 is 1.18 bits per heavy atom. The van der Waals surface area contributed by atoms with Crippen LogP contribution in [-0.2, 0) is 9.47 Å². The normalized spacial score (nSPS) is 11.5. The zero-order valence-electron chi connectivity index (χ0n) is 10.7. The third-order valence-electron chi connectivity index (χ3n) is 2.90. The van der Waals surface area contributed by atoms with Crippen molar-refractivity contribution in [1.29, 1.82) is 0 Å². The number of ether oxygens (including phenoxy) is 2. The first-order valence-corrected chi connectivity index (χ1v) is 5.90. The quantitative estimate of drug-likeness (QED) is 0.539. The van der Waals surface area contributed by atoms with Gasteiger partial charge >= 0.3 is 0 Å². The molecule has 0 fully saturated rings.